The Morgan fingerprint density at radius 3 is 2.43 bits per heavy atom. The third kappa shape index (κ3) is 2.98. The fraction of sp³-hybridized carbons (Fsp3) is 0.250. The third-order valence-corrected chi connectivity index (χ3v) is 3.42. The van der Waals surface area contributed by atoms with Crippen molar-refractivity contribution in [3.05, 3.63) is 53.1 Å². The minimum absolute atomic E-state index is 0.567. The Hall–Kier alpha value is -2.96. The molecular formula is C16H18N6O. The molecule has 23 heavy (non-hydrogen) atoms. The van der Waals surface area contributed by atoms with Crippen LogP contribution < -0.4 is 4.74 Å². The van der Waals surface area contributed by atoms with Crippen LogP contribution in [0.2, 0.25) is 0 Å². The largest absolute Gasteiger partial charge is 0.497 e. The number of rotatable bonds is 4. The highest BCUT2D eigenvalue weighted by Gasteiger charge is 2.13. The van der Waals surface area contributed by atoms with Gasteiger partial charge in [0.1, 0.15) is 5.75 Å². The summed E-state index contributed by atoms with van der Waals surface area (Å²) in [6.45, 7) is 5.77. The van der Waals surface area contributed by atoms with E-state index in [2.05, 4.69) is 20.4 Å². The molecule has 7 heteroatoms. The lowest BCUT2D eigenvalue weighted by Gasteiger charge is -2.04. The smallest absolute Gasteiger partial charge is 0.273 e. The summed E-state index contributed by atoms with van der Waals surface area (Å²) >= 11 is 0. The number of aryl methyl sites for hydroxylation is 3. The Morgan fingerprint density at radius 2 is 1.83 bits per heavy atom. The van der Waals surface area contributed by atoms with E-state index in [9.17, 15) is 0 Å². The van der Waals surface area contributed by atoms with Crippen LogP contribution in [0.15, 0.2) is 35.4 Å². The SMILES string of the molecule is COc1ccc(/C=N\n2c(C)nnc2-n2nc(C)cc2C)cc1. The summed E-state index contributed by atoms with van der Waals surface area (Å²) in [4.78, 5) is 0. The third-order valence-electron chi connectivity index (χ3n) is 3.42. The summed E-state index contributed by atoms with van der Waals surface area (Å²) in [6, 6.07) is 9.64. The van der Waals surface area contributed by atoms with Crippen molar-refractivity contribution in [1.29, 1.82) is 0 Å². The molecule has 118 valence electrons. The van der Waals surface area contributed by atoms with Gasteiger partial charge in [0.2, 0.25) is 0 Å². The predicted molar refractivity (Wildman–Crippen MR) is 87.3 cm³/mol. The molecule has 0 saturated heterocycles. The molecule has 3 aromatic rings. The molecule has 0 fully saturated rings. The number of hydrogen-bond acceptors (Lipinski definition) is 5. The zero-order valence-corrected chi connectivity index (χ0v) is 13.6. The molecule has 0 unspecified atom stereocenters. The number of methoxy groups -OCH3 is 1. The molecule has 0 N–H and O–H groups in total. The van der Waals surface area contributed by atoms with E-state index in [1.165, 1.54) is 0 Å². The maximum absolute atomic E-state index is 5.15. The summed E-state index contributed by atoms with van der Waals surface area (Å²) in [5.41, 5.74) is 2.86. The first-order valence-electron chi connectivity index (χ1n) is 7.22. The number of benzene rings is 1. The van der Waals surface area contributed by atoms with Crippen molar-refractivity contribution < 1.29 is 4.74 Å². The number of aromatic nitrogens is 5. The molecular weight excluding hydrogens is 292 g/mol. The second-order valence-electron chi connectivity index (χ2n) is 5.22. The molecule has 0 amide bonds. The van der Waals surface area contributed by atoms with Crippen LogP contribution in [0.5, 0.6) is 5.75 Å². The number of nitrogens with zero attached hydrogens (tertiary/aromatic N) is 6. The Bertz CT molecular complexity index is 844. The van der Waals surface area contributed by atoms with Crippen LogP contribution in [0.3, 0.4) is 0 Å². The molecule has 2 aromatic heterocycles. The predicted octanol–water partition coefficient (Wildman–Crippen LogP) is 2.28. The highest BCUT2D eigenvalue weighted by molar-refractivity contribution is 5.79. The van der Waals surface area contributed by atoms with Crippen LogP contribution in [0.1, 0.15) is 22.8 Å². The van der Waals surface area contributed by atoms with Crippen LogP contribution in [0, 0.1) is 20.8 Å². The van der Waals surface area contributed by atoms with Gasteiger partial charge in [-0.1, -0.05) is 0 Å². The number of hydrogen-bond donors (Lipinski definition) is 0. The van der Waals surface area contributed by atoms with Crippen LogP contribution >= 0.6 is 0 Å². The van der Waals surface area contributed by atoms with E-state index < -0.39 is 0 Å². The average molecular weight is 310 g/mol. The average Bonchev–Trinajstić information content (AvgIpc) is 3.07. The van der Waals surface area contributed by atoms with Crippen molar-refractivity contribution in [3.63, 3.8) is 0 Å². The molecule has 3 rings (SSSR count). The van der Waals surface area contributed by atoms with E-state index in [4.69, 9.17) is 4.74 Å². The standard InChI is InChI=1S/C16H18N6O/c1-11-9-12(2)21(20-11)16-19-18-13(3)22(16)17-10-14-5-7-15(23-4)8-6-14/h5-10H,1-4H3/b17-10-. The van der Waals surface area contributed by atoms with Crippen molar-refractivity contribution in [2.24, 2.45) is 5.10 Å². The van der Waals surface area contributed by atoms with Crippen molar-refractivity contribution >= 4 is 6.21 Å². The second kappa shape index (κ2) is 6.04. The van der Waals surface area contributed by atoms with E-state index in [-0.39, 0.29) is 0 Å². The highest BCUT2D eigenvalue weighted by atomic mass is 16.5. The van der Waals surface area contributed by atoms with E-state index >= 15 is 0 Å². The maximum Gasteiger partial charge on any atom is 0.273 e. The van der Waals surface area contributed by atoms with Crippen molar-refractivity contribution in [2.45, 2.75) is 20.8 Å². The summed E-state index contributed by atoms with van der Waals surface area (Å²) in [5, 5.41) is 17.2. The zero-order valence-electron chi connectivity index (χ0n) is 13.6. The van der Waals surface area contributed by atoms with Gasteiger partial charge in [0.05, 0.1) is 19.0 Å². The Labute approximate surface area is 134 Å². The lowest BCUT2D eigenvalue weighted by atomic mass is 10.2. The molecule has 1 aromatic carbocycles. The first kappa shape index (κ1) is 15.0. The van der Waals surface area contributed by atoms with Gasteiger partial charge in [-0.2, -0.15) is 14.9 Å². The molecule has 0 bridgehead atoms. The Morgan fingerprint density at radius 1 is 1.09 bits per heavy atom. The van der Waals surface area contributed by atoms with Crippen LogP contribution in [0.25, 0.3) is 5.95 Å². The minimum Gasteiger partial charge on any atom is -0.497 e. The van der Waals surface area contributed by atoms with Crippen molar-refractivity contribution in [3.8, 4) is 11.7 Å². The monoisotopic (exact) mass is 310 g/mol. The van der Waals surface area contributed by atoms with Crippen LogP contribution in [0.4, 0.5) is 0 Å². The Kier molecular flexibility index (Phi) is 3.92. The second-order valence-corrected chi connectivity index (χ2v) is 5.22. The first-order chi connectivity index (χ1) is 11.1. The minimum atomic E-state index is 0.567. The first-order valence-corrected chi connectivity index (χ1v) is 7.22. The summed E-state index contributed by atoms with van der Waals surface area (Å²) in [5.74, 6) is 2.07. The van der Waals surface area contributed by atoms with Gasteiger partial charge in [0.15, 0.2) is 5.82 Å². The lowest BCUT2D eigenvalue weighted by molar-refractivity contribution is 0.415. The topological polar surface area (TPSA) is 70.1 Å². The van der Waals surface area contributed by atoms with Crippen molar-refractivity contribution in [1.82, 2.24) is 24.7 Å². The van der Waals surface area contributed by atoms with E-state index in [1.807, 2.05) is 51.1 Å². The molecule has 0 aliphatic carbocycles. The summed E-state index contributed by atoms with van der Waals surface area (Å²) in [6.07, 6.45) is 1.75. The molecule has 0 spiro atoms. The fourth-order valence-corrected chi connectivity index (χ4v) is 2.26. The van der Waals surface area contributed by atoms with Gasteiger partial charge in [0.25, 0.3) is 5.95 Å². The van der Waals surface area contributed by atoms with Crippen LogP contribution in [-0.4, -0.2) is 38.0 Å². The quantitative estimate of drug-likeness (QED) is 0.693. The van der Waals surface area contributed by atoms with Crippen LogP contribution in [-0.2, 0) is 0 Å². The van der Waals surface area contributed by atoms with Gasteiger partial charge in [-0.05, 0) is 56.7 Å². The lowest BCUT2D eigenvalue weighted by Crippen LogP contribution is -2.07. The highest BCUT2D eigenvalue weighted by Crippen LogP contribution is 2.13. The normalized spacial score (nSPS) is 11.3. The Balaban J connectivity index is 1.95. The number of ether oxygens (including phenoxy) is 1. The zero-order chi connectivity index (χ0) is 16.4. The van der Waals surface area contributed by atoms with Gasteiger partial charge < -0.3 is 4.74 Å². The van der Waals surface area contributed by atoms with Gasteiger partial charge in [-0.3, -0.25) is 0 Å². The maximum atomic E-state index is 5.15. The van der Waals surface area contributed by atoms with Gasteiger partial charge in [0, 0.05) is 5.69 Å². The van der Waals surface area contributed by atoms with E-state index in [1.54, 1.807) is 22.7 Å². The fourth-order valence-electron chi connectivity index (χ4n) is 2.26. The molecule has 0 atom stereocenters. The van der Waals surface area contributed by atoms with Crippen molar-refractivity contribution in [2.75, 3.05) is 7.11 Å². The summed E-state index contributed by atoms with van der Waals surface area (Å²) < 4.78 is 8.56. The molecule has 2 heterocycles. The van der Waals surface area contributed by atoms with Gasteiger partial charge >= 0.3 is 0 Å². The molecule has 0 radical (unpaired) electrons. The van der Waals surface area contributed by atoms with E-state index in [0.717, 1.165) is 22.7 Å². The molecule has 7 nitrogen and oxygen atoms in total. The van der Waals surface area contributed by atoms with E-state index in [0.29, 0.717) is 11.8 Å². The van der Waals surface area contributed by atoms with Gasteiger partial charge in [-0.25, -0.2) is 4.68 Å². The molecule has 0 saturated carbocycles. The van der Waals surface area contributed by atoms with Gasteiger partial charge in [-0.15, -0.1) is 10.2 Å². The molecule has 0 aliphatic heterocycles. The summed E-state index contributed by atoms with van der Waals surface area (Å²) in [7, 11) is 1.64. The molecule has 0 aliphatic rings.